The van der Waals surface area contributed by atoms with Gasteiger partial charge in [-0.15, -0.1) is 0 Å². The van der Waals surface area contributed by atoms with Crippen molar-refractivity contribution in [1.82, 2.24) is 0 Å². The van der Waals surface area contributed by atoms with Crippen LogP contribution >= 0.6 is 0 Å². The summed E-state index contributed by atoms with van der Waals surface area (Å²) in [6.07, 6.45) is -6.62. The van der Waals surface area contributed by atoms with Crippen molar-refractivity contribution in [1.29, 1.82) is 0 Å². The van der Waals surface area contributed by atoms with E-state index in [0.717, 1.165) is 0 Å². The summed E-state index contributed by atoms with van der Waals surface area (Å²) in [6.45, 7) is -14.7. The van der Waals surface area contributed by atoms with Gasteiger partial charge in [-0.25, -0.2) is 0 Å². The van der Waals surface area contributed by atoms with E-state index in [-0.39, 0.29) is 0 Å². The summed E-state index contributed by atoms with van der Waals surface area (Å²) < 4.78 is 118. The molecule has 2 N–H and O–H groups in total. The molecule has 0 radical (unpaired) electrons. The highest BCUT2D eigenvalue weighted by atomic mass is 16.3. The van der Waals surface area contributed by atoms with Gasteiger partial charge >= 0.3 is 0 Å². The number of carbonyl (C=O) groups excluding carboxylic acids is 1. The number of hydrogen-bond acceptors (Lipinski definition) is 3. The van der Waals surface area contributed by atoms with E-state index < -0.39 is 91.3 Å². The molecule has 98 valence electrons. The standard InChI is InChI=1S/C15H20O3/c1-8-10-9(7-13(2,3)12(10)17)11(16)14(4,18)15(8)5-6-15/h7,12,17-18H,5-6H2,1-4H3/t12-,14+/m1/s1/i1T3,2T3,3T3,4T3,5T2,7T/t12-,14+,15?. The molecular weight excluding hydrogens is 228 g/mol. The lowest BCUT2D eigenvalue weighted by atomic mass is 9.67. The van der Waals surface area contributed by atoms with Gasteiger partial charge in [0.15, 0.2) is 5.78 Å². The maximum atomic E-state index is 13.4. The van der Waals surface area contributed by atoms with Crippen LogP contribution in [0.25, 0.3) is 0 Å². The number of fused-ring (bicyclic) bond motifs is 1. The average Bonchev–Trinajstić information content (AvgIpc) is 3.00. The zero-order chi connectivity index (χ0) is 26.2. The maximum Gasteiger partial charge on any atom is 0.195 e. The van der Waals surface area contributed by atoms with E-state index >= 15 is 0 Å². The van der Waals surface area contributed by atoms with Crippen LogP contribution in [0.15, 0.2) is 22.8 Å². The molecule has 1 fully saturated rings. The summed E-state index contributed by atoms with van der Waals surface area (Å²) >= 11 is 0. The minimum atomic E-state index is -3.77. The molecule has 3 nitrogen and oxygen atoms in total. The third-order valence-electron chi connectivity index (χ3n) is 3.67. The molecule has 0 heterocycles. The van der Waals surface area contributed by atoms with Gasteiger partial charge in [0.25, 0.3) is 0 Å². The smallest absolute Gasteiger partial charge is 0.195 e. The minimum Gasteiger partial charge on any atom is -0.388 e. The first kappa shape index (κ1) is 3.80. The summed E-state index contributed by atoms with van der Waals surface area (Å²) in [5, 5.41) is 22.3. The topological polar surface area (TPSA) is 57.5 Å². The van der Waals surface area contributed by atoms with E-state index in [1.54, 1.807) is 0 Å². The van der Waals surface area contributed by atoms with Gasteiger partial charge in [-0.05, 0) is 32.1 Å². The lowest BCUT2D eigenvalue weighted by Gasteiger charge is -2.39. The van der Waals surface area contributed by atoms with Crippen LogP contribution in [0.5, 0.6) is 0 Å². The summed E-state index contributed by atoms with van der Waals surface area (Å²) in [5.41, 5.74) is -14.0. The maximum absolute atomic E-state index is 13.4. The number of aliphatic hydroxyl groups excluding tert-OH is 1. The molecule has 0 aliphatic heterocycles. The first-order valence-electron chi connectivity index (χ1n) is 12.7. The Hall–Kier alpha value is -0.930. The Bertz CT molecular complexity index is 978. The molecule has 3 aliphatic rings. The Balaban J connectivity index is 2.65. The fourth-order valence-electron chi connectivity index (χ4n) is 2.43. The lowest BCUT2D eigenvalue weighted by Crippen LogP contribution is -2.49. The molecule has 0 aromatic rings. The molecule has 1 saturated carbocycles. The predicted octanol–water partition coefficient (Wildman–Crippen LogP) is 1.74. The van der Waals surface area contributed by atoms with Gasteiger partial charge in [0, 0.05) is 35.6 Å². The Morgan fingerprint density at radius 2 is 2.28 bits per heavy atom. The van der Waals surface area contributed by atoms with Gasteiger partial charge in [-0.3, -0.25) is 4.79 Å². The highest BCUT2D eigenvalue weighted by molar-refractivity contribution is 6.09. The molecule has 1 spiro atoms. The summed E-state index contributed by atoms with van der Waals surface area (Å²) in [5.74, 6) is -1.92. The third kappa shape index (κ3) is 1.10. The molecule has 3 aliphatic carbocycles. The zero-order valence-corrected chi connectivity index (χ0v) is 9.09. The van der Waals surface area contributed by atoms with Gasteiger partial charge in [-0.2, -0.15) is 0 Å². The fraction of sp³-hybridized carbons (Fsp3) is 0.667. The van der Waals surface area contributed by atoms with Crippen LogP contribution in [-0.2, 0) is 4.79 Å². The van der Waals surface area contributed by atoms with Crippen LogP contribution in [0, 0.1) is 10.8 Å². The molecule has 3 rings (SSSR count). The predicted molar refractivity (Wildman–Crippen MR) is 67.9 cm³/mol. The van der Waals surface area contributed by atoms with E-state index in [1.807, 2.05) is 0 Å². The van der Waals surface area contributed by atoms with E-state index in [2.05, 4.69) is 0 Å². The third-order valence-corrected chi connectivity index (χ3v) is 3.67. The highest BCUT2D eigenvalue weighted by Crippen LogP contribution is 2.65. The summed E-state index contributed by atoms with van der Waals surface area (Å²) in [7, 11) is 0. The molecule has 0 amide bonds. The van der Waals surface area contributed by atoms with Crippen LogP contribution in [0.2, 0.25) is 0 Å². The van der Waals surface area contributed by atoms with Crippen LogP contribution in [0.4, 0.5) is 0 Å². The van der Waals surface area contributed by atoms with Crippen molar-refractivity contribution in [3.8, 4) is 0 Å². The van der Waals surface area contributed by atoms with Crippen molar-refractivity contribution >= 4 is 5.78 Å². The normalized spacial score (nSPS) is 63.8. The van der Waals surface area contributed by atoms with Crippen molar-refractivity contribution in [2.45, 2.75) is 51.9 Å². The lowest BCUT2D eigenvalue weighted by molar-refractivity contribution is -0.138. The zero-order valence-electron chi connectivity index (χ0n) is 24.1. The first-order valence-corrected chi connectivity index (χ1v) is 5.22. The number of ketones is 1. The number of Topliss-reactive ketones (excluding diaryl/α,β-unsaturated/α-hetero) is 1. The number of rotatable bonds is 0. The van der Waals surface area contributed by atoms with Crippen molar-refractivity contribution in [3.05, 3.63) is 22.8 Å². The van der Waals surface area contributed by atoms with Crippen molar-refractivity contribution < 1.29 is 35.6 Å². The molecule has 0 aromatic heterocycles. The van der Waals surface area contributed by atoms with Crippen LogP contribution in [0.1, 0.15) is 60.8 Å². The van der Waals surface area contributed by atoms with Crippen LogP contribution in [-0.4, -0.2) is 27.7 Å². The molecule has 3 atom stereocenters. The van der Waals surface area contributed by atoms with E-state index in [1.165, 1.54) is 0 Å². The minimum absolute atomic E-state index is 0.986. The second kappa shape index (κ2) is 2.97. The largest absolute Gasteiger partial charge is 0.388 e. The van der Waals surface area contributed by atoms with Gasteiger partial charge in [0.05, 0.1) is 7.47 Å². The Morgan fingerprint density at radius 1 is 1.56 bits per heavy atom. The summed E-state index contributed by atoms with van der Waals surface area (Å²) in [6, 6.07) is -1.56. The van der Waals surface area contributed by atoms with Gasteiger partial charge in [0.2, 0.25) is 0 Å². The Kier molecular flexibility index (Phi) is 0.626. The molecule has 0 bridgehead atoms. The second-order valence-corrected chi connectivity index (χ2v) is 4.80. The quantitative estimate of drug-likeness (QED) is 0.709. The van der Waals surface area contributed by atoms with E-state index in [4.69, 9.17) is 20.6 Å². The van der Waals surface area contributed by atoms with E-state index in [0.29, 0.717) is 0 Å². The second-order valence-electron chi connectivity index (χ2n) is 4.80. The SMILES string of the molecule is [3H]C1=C2C(=O)[C@@](O)(C([3H])([3H])[3H])C3(CC3([3H])[3H])C(C([3H])([3H])[3H])=C2[C@@H](O)C1(C([3H])([3H])[3H])C([3H])([3H])[3H]. The van der Waals surface area contributed by atoms with E-state index in [9.17, 15) is 15.0 Å². The molecule has 0 aromatic carbocycles. The monoisotopic (exact) mass is 278 g/mol. The van der Waals surface area contributed by atoms with Crippen LogP contribution in [0.3, 0.4) is 0 Å². The first-order chi connectivity index (χ1) is 14.3. The summed E-state index contributed by atoms with van der Waals surface area (Å²) in [4.78, 5) is 13.4. The van der Waals surface area contributed by atoms with Gasteiger partial charge in [0.1, 0.15) is 5.60 Å². The fourth-order valence-corrected chi connectivity index (χ4v) is 2.43. The number of hydrogen-bond donors (Lipinski definition) is 2. The number of aliphatic hydroxyl groups is 2. The highest BCUT2D eigenvalue weighted by Gasteiger charge is 2.66. The average molecular weight is 278 g/mol. The van der Waals surface area contributed by atoms with Crippen LogP contribution < -0.4 is 0 Å². The molecule has 3 heteroatoms. The number of carbonyl (C=O) groups is 1. The van der Waals surface area contributed by atoms with Crippen molar-refractivity contribution in [3.63, 3.8) is 0 Å². The molecular formula is C15H20O3. The van der Waals surface area contributed by atoms with Gasteiger partial charge in [-0.1, -0.05) is 25.3 Å². The Labute approximate surface area is 128 Å². The van der Waals surface area contributed by atoms with Crippen molar-refractivity contribution in [2.24, 2.45) is 10.8 Å². The van der Waals surface area contributed by atoms with Crippen molar-refractivity contribution in [2.75, 3.05) is 0 Å². The Morgan fingerprint density at radius 3 is 2.78 bits per heavy atom. The molecule has 0 saturated heterocycles. The molecule has 18 heavy (non-hydrogen) atoms. The molecule has 1 unspecified atom stereocenters. The van der Waals surface area contributed by atoms with Gasteiger partial charge < -0.3 is 10.2 Å².